The summed E-state index contributed by atoms with van der Waals surface area (Å²) in [4.78, 5) is 27.4. The van der Waals surface area contributed by atoms with E-state index < -0.39 is 0 Å². The second-order valence-corrected chi connectivity index (χ2v) is 8.05. The van der Waals surface area contributed by atoms with E-state index in [0.29, 0.717) is 6.54 Å². The highest BCUT2D eigenvalue weighted by molar-refractivity contribution is 5.97. The molecule has 2 amide bonds. The first-order valence-electron chi connectivity index (χ1n) is 10.6. The number of nitrogens with zero attached hydrogens (tertiary/aromatic N) is 2. The third-order valence-electron chi connectivity index (χ3n) is 6.16. The standard InChI is InChI=1S/C25H25N3O2/c29-24(26-21-11-5-8-18-7-1-2-10-20(18)21)14-15-25(30)28-17-19-9-6-16-27(19)22-12-3-4-13-23(22)28/h1-4,6-7,9-10,12-13,16,21H,5,8,11,14-15,17H2,(H,26,29). The van der Waals surface area contributed by atoms with E-state index in [4.69, 9.17) is 0 Å². The molecule has 5 nitrogen and oxygen atoms in total. The van der Waals surface area contributed by atoms with E-state index in [1.54, 1.807) is 4.90 Å². The Labute approximate surface area is 176 Å². The van der Waals surface area contributed by atoms with Gasteiger partial charge in [-0.15, -0.1) is 0 Å². The van der Waals surface area contributed by atoms with Crippen LogP contribution in [-0.2, 0) is 22.6 Å². The summed E-state index contributed by atoms with van der Waals surface area (Å²) in [6.07, 6.45) is 5.52. The molecule has 1 unspecified atom stereocenters. The molecule has 2 heterocycles. The lowest BCUT2D eigenvalue weighted by atomic mass is 9.87. The van der Waals surface area contributed by atoms with E-state index >= 15 is 0 Å². The van der Waals surface area contributed by atoms with Crippen LogP contribution in [0.25, 0.3) is 5.69 Å². The van der Waals surface area contributed by atoms with Crippen molar-refractivity contribution in [3.63, 3.8) is 0 Å². The molecule has 152 valence electrons. The predicted octanol–water partition coefficient (Wildman–Crippen LogP) is 4.30. The van der Waals surface area contributed by atoms with Crippen molar-refractivity contribution in [1.82, 2.24) is 9.88 Å². The van der Waals surface area contributed by atoms with Gasteiger partial charge < -0.3 is 14.8 Å². The molecule has 0 bridgehead atoms. The van der Waals surface area contributed by atoms with E-state index in [0.717, 1.165) is 36.3 Å². The van der Waals surface area contributed by atoms with E-state index in [1.807, 2.05) is 48.7 Å². The molecule has 1 aromatic heterocycles. The molecule has 0 fully saturated rings. The minimum absolute atomic E-state index is 0.0194. The third kappa shape index (κ3) is 3.41. The molecule has 1 atom stereocenters. The zero-order valence-corrected chi connectivity index (χ0v) is 16.9. The lowest BCUT2D eigenvalue weighted by molar-refractivity contribution is -0.125. The molecular formula is C25H25N3O2. The van der Waals surface area contributed by atoms with Gasteiger partial charge in [-0.05, 0) is 54.7 Å². The number of carbonyl (C=O) groups is 2. The molecule has 0 saturated carbocycles. The molecule has 3 aromatic rings. The largest absolute Gasteiger partial charge is 0.349 e. The lowest BCUT2D eigenvalue weighted by Gasteiger charge is -2.31. The lowest BCUT2D eigenvalue weighted by Crippen LogP contribution is -2.36. The summed E-state index contributed by atoms with van der Waals surface area (Å²) in [5.74, 6) is -0.0761. The summed E-state index contributed by atoms with van der Waals surface area (Å²) in [5, 5.41) is 3.15. The maximum atomic E-state index is 13.0. The van der Waals surface area contributed by atoms with Gasteiger partial charge in [0, 0.05) is 24.7 Å². The van der Waals surface area contributed by atoms with E-state index in [1.165, 1.54) is 11.1 Å². The number of hydrogen-bond donors (Lipinski definition) is 1. The summed E-state index contributed by atoms with van der Waals surface area (Å²) < 4.78 is 2.12. The van der Waals surface area contributed by atoms with Crippen LogP contribution in [0.2, 0.25) is 0 Å². The molecule has 1 aliphatic carbocycles. The van der Waals surface area contributed by atoms with Gasteiger partial charge in [0.2, 0.25) is 11.8 Å². The van der Waals surface area contributed by atoms with Crippen LogP contribution in [-0.4, -0.2) is 16.4 Å². The first-order valence-corrected chi connectivity index (χ1v) is 10.6. The van der Waals surface area contributed by atoms with Crippen LogP contribution >= 0.6 is 0 Å². The second-order valence-electron chi connectivity index (χ2n) is 8.05. The smallest absolute Gasteiger partial charge is 0.227 e. The summed E-state index contributed by atoms with van der Waals surface area (Å²) in [5.41, 5.74) is 5.51. The number of aromatic nitrogens is 1. The van der Waals surface area contributed by atoms with Crippen LogP contribution in [0.4, 0.5) is 5.69 Å². The zero-order chi connectivity index (χ0) is 20.5. The maximum Gasteiger partial charge on any atom is 0.227 e. The van der Waals surface area contributed by atoms with E-state index in [-0.39, 0.29) is 30.7 Å². The van der Waals surface area contributed by atoms with Gasteiger partial charge in [-0.1, -0.05) is 36.4 Å². The Bertz CT molecular complexity index is 1100. The van der Waals surface area contributed by atoms with Gasteiger partial charge in [-0.3, -0.25) is 9.59 Å². The van der Waals surface area contributed by atoms with Crippen molar-refractivity contribution in [3.8, 4) is 5.69 Å². The zero-order valence-electron chi connectivity index (χ0n) is 16.9. The normalized spacial score (nSPS) is 16.9. The first-order chi connectivity index (χ1) is 14.7. The molecule has 0 saturated heterocycles. The minimum atomic E-state index is -0.0567. The molecule has 5 rings (SSSR count). The number of para-hydroxylation sites is 2. The Morgan fingerprint density at radius 1 is 0.933 bits per heavy atom. The maximum absolute atomic E-state index is 13.0. The minimum Gasteiger partial charge on any atom is -0.349 e. The van der Waals surface area contributed by atoms with Gasteiger partial charge in [0.25, 0.3) is 0 Å². The Balaban J connectivity index is 1.25. The summed E-state index contributed by atoms with van der Waals surface area (Å²) >= 11 is 0. The van der Waals surface area contributed by atoms with E-state index in [2.05, 4.69) is 28.1 Å². The highest BCUT2D eigenvalue weighted by Gasteiger charge is 2.27. The highest BCUT2D eigenvalue weighted by Crippen LogP contribution is 2.33. The van der Waals surface area contributed by atoms with Crippen LogP contribution in [0.15, 0.2) is 66.9 Å². The number of hydrogen-bond acceptors (Lipinski definition) is 2. The highest BCUT2D eigenvalue weighted by atomic mass is 16.2. The van der Waals surface area contributed by atoms with Gasteiger partial charge >= 0.3 is 0 Å². The fourth-order valence-electron chi connectivity index (χ4n) is 4.67. The Hall–Kier alpha value is -3.34. The number of fused-ring (bicyclic) bond motifs is 4. The molecule has 1 N–H and O–H groups in total. The van der Waals surface area contributed by atoms with Crippen LogP contribution in [0.5, 0.6) is 0 Å². The van der Waals surface area contributed by atoms with Crippen LogP contribution in [0.1, 0.15) is 48.5 Å². The average molecular weight is 399 g/mol. The molecule has 1 aliphatic heterocycles. The van der Waals surface area contributed by atoms with Crippen molar-refractivity contribution < 1.29 is 9.59 Å². The molecule has 5 heteroatoms. The fourth-order valence-corrected chi connectivity index (χ4v) is 4.67. The first kappa shape index (κ1) is 18.7. The van der Waals surface area contributed by atoms with Gasteiger partial charge in [0.1, 0.15) is 0 Å². The number of anilines is 1. The molecule has 30 heavy (non-hydrogen) atoms. The van der Waals surface area contributed by atoms with Crippen LogP contribution in [0, 0.1) is 0 Å². The SMILES string of the molecule is O=C(CCC(=O)N1Cc2cccn2-c2ccccc21)NC1CCCc2ccccc21. The molecule has 2 aliphatic rings. The molecule has 0 radical (unpaired) electrons. The number of aryl methyl sites for hydroxylation is 1. The number of benzene rings is 2. The van der Waals surface area contributed by atoms with Gasteiger partial charge in [-0.2, -0.15) is 0 Å². The molecular weight excluding hydrogens is 374 g/mol. The van der Waals surface area contributed by atoms with Gasteiger partial charge in [-0.25, -0.2) is 0 Å². The number of rotatable bonds is 4. The van der Waals surface area contributed by atoms with Crippen molar-refractivity contribution in [2.45, 2.75) is 44.7 Å². The predicted molar refractivity (Wildman–Crippen MR) is 116 cm³/mol. The van der Waals surface area contributed by atoms with Crippen molar-refractivity contribution in [2.75, 3.05) is 4.90 Å². The van der Waals surface area contributed by atoms with Crippen molar-refractivity contribution >= 4 is 17.5 Å². The second kappa shape index (κ2) is 7.82. The Kier molecular flexibility index (Phi) is 4.87. The van der Waals surface area contributed by atoms with Gasteiger partial charge in [0.15, 0.2) is 0 Å². The Morgan fingerprint density at radius 3 is 2.63 bits per heavy atom. The van der Waals surface area contributed by atoms with Crippen molar-refractivity contribution in [2.24, 2.45) is 0 Å². The fraction of sp³-hybridized carbons (Fsp3) is 0.280. The van der Waals surface area contributed by atoms with Gasteiger partial charge in [0.05, 0.1) is 24.0 Å². The monoisotopic (exact) mass is 399 g/mol. The van der Waals surface area contributed by atoms with Crippen LogP contribution < -0.4 is 10.2 Å². The van der Waals surface area contributed by atoms with Crippen LogP contribution in [0.3, 0.4) is 0 Å². The molecule has 0 spiro atoms. The number of carbonyl (C=O) groups excluding carboxylic acids is 2. The number of nitrogens with one attached hydrogen (secondary N) is 1. The summed E-state index contributed by atoms with van der Waals surface area (Å²) in [6, 6.07) is 20.3. The Morgan fingerprint density at radius 2 is 1.73 bits per heavy atom. The average Bonchev–Trinajstić information content (AvgIpc) is 3.26. The van der Waals surface area contributed by atoms with E-state index in [9.17, 15) is 9.59 Å². The molecule has 2 aromatic carbocycles. The van der Waals surface area contributed by atoms with Crippen molar-refractivity contribution in [1.29, 1.82) is 0 Å². The van der Waals surface area contributed by atoms with Crippen molar-refractivity contribution in [3.05, 3.63) is 83.7 Å². The topological polar surface area (TPSA) is 54.3 Å². The third-order valence-corrected chi connectivity index (χ3v) is 6.16. The number of amides is 2. The summed E-state index contributed by atoms with van der Waals surface area (Å²) in [7, 11) is 0. The summed E-state index contributed by atoms with van der Waals surface area (Å²) in [6.45, 7) is 0.528. The quantitative estimate of drug-likeness (QED) is 0.711.